The van der Waals surface area contributed by atoms with Crippen molar-refractivity contribution in [1.82, 2.24) is 5.32 Å². The molecule has 0 saturated heterocycles. The topological polar surface area (TPSA) is 95.9 Å². The highest BCUT2D eigenvalue weighted by molar-refractivity contribution is 5.76. The van der Waals surface area contributed by atoms with E-state index in [1.807, 2.05) is 6.08 Å². The fraction of sp³-hybridized carbons (Fsp3) is 0.943. The van der Waals surface area contributed by atoms with Crippen molar-refractivity contribution in [2.45, 2.75) is 411 Å². The van der Waals surface area contributed by atoms with E-state index in [0.717, 1.165) is 38.5 Å². The Labute approximate surface area is 476 Å². The number of esters is 1. The van der Waals surface area contributed by atoms with Gasteiger partial charge in [0.15, 0.2) is 0 Å². The predicted molar refractivity (Wildman–Crippen MR) is 333 cm³/mol. The zero-order chi connectivity index (χ0) is 55.0. The number of allylic oxidation sites excluding steroid dienone is 1. The molecule has 0 aromatic rings. The Balaban J connectivity index is 3.39. The summed E-state index contributed by atoms with van der Waals surface area (Å²) in [4.78, 5) is 24.6. The first-order valence-corrected chi connectivity index (χ1v) is 35.0. The first-order valence-electron chi connectivity index (χ1n) is 35.0. The Bertz CT molecular complexity index is 1140. The molecule has 0 aliphatic heterocycles. The van der Waals surface area contributed by atoms with Crippen LogP contribution in [-0.2, 0) is 14.3 Å². The Morgan fingerprint density at radius 1 is 0.355 bits per heavy atom. The molecule has 0 fully saturated rings. The second kappa shape index (κ2) is 66.1. The highest BCUT2D eigenvalue weighted by Gasteiger charge is 2.18. The first-order chi connectivity index (χ1) is 37.5. The maximum atomic E-state index is 12.5. The second-order valence-electron chi connectivity index (χ2n) is 24.2. The van der Waals surface area contributed by atoms with Crippen molar-refractivity contribution >= 4 is 11.9 Å². The molecule has 76 heavy (non-hydrogen) atoms. The van der Waals surface area contributed by atoms with Gasteiger partial charge in [-0.1, -0.05) is 366 Å². The van der Waals surface area contributed by atoms with Gasteiger partial charge in [0, 0.05) is 12.8 Å². The third-order valence-electron chi connectivity index (χ3n) is 16.6. The summed E-state index contributed by atoms with van der Waals surface area (Å²) in [6.45, 7) is 4.95. The lowest BCUT2D eigenvalue weighted by atomic mass is 10.0. The average Bonchev–Trinajstić information content (AvgIpc) is 3.42. The number of aliphatic hydroxyl groups is 2. The number of amides is 1. The summed E-state index contributed by atoms with van der Waals surface area (Å²) in [6, 6.07) is -0.627. The fourth-order valence-corrected chi connectivity index (χ4v) is 11.2. The molecule has 0 aliphatic carbocycles. The number of carbonyl (C=O) groups excluding carboxylic acids is 2. The molecular weight excluding hydrogens is 935 g/mol. The number of hydrogen-bond donors (Lipinski definition) is 3. The number of hydrogen-bond acceptors (Lipinski definition) is 5. The lowest BCUT2D eigenvalue weighted by Crippen LogP contribution is -2.45. The maximum absolute atomic E-state index is 12.5. The van der Waals surface area contributed by atoms with E-state index < -0.39 is 12.1 Å². The molecule has 6 heteroatoms. The second-order valence-corrected chi connectivity index (χ2v) is 24.2. The van der Waals surface area contributed by atoms with E-state index in [1.165, 1.54) is 334 Å². The molecule has 0 aromatic heterocycles. The summed E-state index contributed by atoms with van der Waals surface area (Å²) in [6.07, 6.45) is 81.4. The summed E-state index contributed by atoms with van der Waals surface area (Å²) in [5, 5.41) is 23.3. The largest absolute Gasteiger partial charge is 0.466 e. The first kappa shape index (κ1) is 74.6. The van der Waals surface area contributed by atoms with Crippen LogP contribution in [0.15, 0.2) is 12.2 Å². The summed E-state index contributed by atoms with van der Waals surface area (Å²) >= 11 is 0. The van der Waals surface area contributed by atoms with E-state index in [9.17, 15) is 19.8 Å². The molecule has 0 radical (unpaired) electrons. The van der Waals surface area contributed by atoms with Gasteiger partial charge < -0.3 is 20.3 Å². The van der Waals surface area contributed by atoms with Crippen LogP contribution in [0.1, 0.15) is 399 Å². The quantitative estimate of drug-likeness (QED) is 0.0320. The van der Waals surface area contributed by atoms with E-state index in [-0.39, 0.29) is 18.5 Å². The van der Waals surface area contributed by atoms with E-state index in [2.05, 4.69) is 19.2 Å². The Morgan fingerprint density at radius 3 is 0.895 bits per heavy atom. The third-order valence-corrected chi connectivity index (χ3v) is 16.6. The van der Waals surface area contributed by atoms with Crippen LogP contribution in [0.5, 0.6) is 0 Å². The number of unbranched alkanes of at least 4 members (excludes halogenated alkanes) is 55. The standard InChI is InChI=1S/C70H137NO5/c1-3-5-7-9-11-13-15-17-18-19-20-21-26-29-32-35-39-42-46-50-54-58-62-68(73)67(66-72)71-69(74)63-59-55-51-47-43-40-36-33-30-27-24-22-23-25-28-31-34-37-41-45-49-53-57-61-65-76-70(75)64-60-56-52-48-44-38-16-14-12-10-8-6-4-2/h58,62,67-68,72-73H,3-57,59-61,63-66H2,1-2H3,(H,71,74)/b62-58+. The van der Waals surface area contributed by atoms with E-state index in [4.69, 9.17) is 4.74 Å². The minimum atomic E-state index is -0.844. The Kier molecular flexibility index (Phi) is 64.9. The van der Waals surface area contributed by atoms with Crippen molar-refractivity contribution in [2.75, 3.05) is 13.2 Å². The molecule has 0 aliphatic rings. The van der Waals surface area contributed by atoms with Gasteiger partial charge in [-0.25, -0.2) is 0 Å². The van der Waals surface area contributed by atoms with Crippen molar-refractivity contribution in [3.05, 3.63) is 12.2 Å². The van der Waals surface area contributed by atoms with Crippen LogP contribution in [0, 0.1) is 0 Å². The van der Waals surface area contributed by atoms with Crippen molar-refractivity contribution in [3.8, 4) is 0 Å². The van der Waals surface area contributed by atoms with Crippen LogP contribution in [-0.4, -0.2) is 47.4 Å². The van der Waals surface area contributed by atoms with Gasteiger partial charge in [0.25, 0.3) is 0 Å². The molecule has 0 aromatic carbocycles. The van der Waals surface area contributed by atoms with Crippen LogP contribution in [0.2, 0.25) is 0 Å². The molecule has 0 heterocycles. The number of rotatable bonds is 66. The van der Waals surface area contributed by atoms with Gasteiger partial charge in [-0.05, 0) is 32.1 Å². The summed E-state index contributed by atoms with van der Waals surface area (Å²) in [7, 11) is 0. The van der Waals surface area contributed by atoms with Gasteiger partial charge in [-0.15, -0.1) is 0 Å². The Morgan fingerprint density at radius 2 is 0.605 bits per heavy atom. The van der Waals surface area contributed by atoms with E-state index in [0.29, 0.717) is 19.4 Å². The van der Waals surface area contributed by atoms with Gasteiger partial charge in [-0.3, -0.25) is 9.59 Å². The van der Waals surface area contributed by atoms with Crippen molar-refractivity contribution in [2.24, 2.45) is 0 Å². The molecule has 6 nitrogen and oxygen atoms in total. The van der Waals surface area contributed by atoms with Crippen LogP contribution in [0.3, 0.4) is 0 Å². The molecular formula is C70H137NO5. The van der Waals surface area contributed by atoms with Crippen molar-refractivity contribution in [3.63, 3.8) is 0 Å². The monoisotopic (exact) mass is 1070 g/mol. The Hall–Kier alpha value is -1.40. The normalized spacial score (nSPS) is 12.5. The lowest BCUT2D eigenvalue weighted by molar-refractivity contribution is -0.143. The minimum absolute atomic E-state index is 0.0176. The minimum Gasteiger partial charge on any atom is -0.466 e. The van der Waals surface area contributed by atoms with Crippen LogP contribution in [0.4, 0.5) is 0 Å². The lowest BCUT2D eigenvalue weighted by Gasteiger charge is -2.20. The SMILES string of the molecule is CCCCCCCCCCCCCCCCCCCCCC/C=C/C(O)C(CO)NC(=O)CCCCCCCCCCCCCCCCCCCCCCCCCCOC(=O)CCCCCCCCCCCCCCC. The van der Waals surface area contributed by atoms with Gasteiger partial charge in [0.1, 0.15) is 0 Å². The van der Waals surface area contributed by atoms with Crippen molar-refractivity contribution < 1.29 is 24.5 Å². The van der Waals surface area contributed by atoms with E-state index >= 15 is 0 Å². The average molecular weight is 1070 g/mol. The highest BCUT2D eigenvalue weighted by Crippen LogP contribution is 2.19. The van der Waals surface area contributed by atoms with Crippen LogP contribution in [0.25, 0.3) is 0 Å². The fourth-order valence-electron chi connectivity index (χ4n) is 11.2. The number of aliphatic hydroxyl groups excluding tert-OH is 2. The molecule has 2 unspecified atom stereocenters. The van der Waals surface area contributed by atoms with Gasteiger partial charge in [0.2, 0.25) is 5.91 Å². The maximum Gasteiger partial charge on any atom is 0.305 e. The number of carbonyl (C=O) groups is 2. The highest BCUT2D eigenvalue weighted by atomic mass is 16.5. The summed E-state index contributed by atoms with van der Waals surface area (Å²) < 4.78 is 5.49. The molecule has 2 atom stereocenters. The molecule has 0 bridgehead atoms. The molecule has 0 rings (SSSR count). The van der Waals surface area contributed by atoms with Crippen LogP contribution < -0.4 is 5.32 Å². The van der Waals surface area contributed by atoms with Crippen molar-refractivity contribution in [1.29, 1.82) is 0 Å². The summed E-state index contributed by atoms with van der Waals surface area (Å²) in [5.41, 5.74) is 0. The molecule has 1 amide bonds. The zero-order valence-corrected chi connectivity index (χ0v) is 51.8. The van der Waals surface area contributed by atoms with Gasteiger partial charge in [0.05, 0.1) is 25.4 Å². The molecule has 0 saturated carbocycles. The van der Waals surface area contributed by atoms with Gasteiger partial charge in [-0.2, -0.15) is 0 Å². The number of ether oxygens (including phenoxy) is 1. The smallest absolute Gasteiger partial charge is 0.305 e. The predicted octanol–water partition coefficient (Wildman–Crippen LogP) is 22.4. The third kappa shape index (κ3) is 61.8. The van der Waals surface area contributed by atoms with Gasteiger partial charge >= 0.3 is 5.97 Å². The molecule has 452 valence electrons. The summed E-state index contributed by atoms with van der Waals surface area (Å²) in [5.74, 6) is -0.0445. The zero-order valence-electron chi connectivity index (χ0n) is 51.8. The molecule has 3 N–H and O–H groups in total. The molecule has 0 spiro atoms. The number of nitrogens with one attached hydrogen (secondary N) is 1. The van der Waals surface area contributed by atoms with E-state index in [1.54, 1.807) is 6.08 Å². The van der Waals surface area contributed by atoms with Crippen LogP contribution >= 0.6 is 0 Å².